The predicted molar refractivity (Wildman–Crippen MR) is 111 cm³/mol. The number of rotatable bonds is 6. The average molecular weight is 370 g/mol. The molecular weight excluding hydrogens is 340 g/mol. The van der Waals surface area contributed by atoms with Crippen molar-refractivity contribution in [3.8, 4) is 0 Å². The first-order valence-electron chi connectivity index (χ1n) is 8.99. The maximum absolute atomic E-state index is 10.7. The van der Waals surface area contributed by atoms with E-state index in [1.54, 1.807) is 6.92 Å². The highest BCUT2D eigenvalue weighted by Gasteiger charge is 2.09. The molecule has 0 radical (unpaired) electrons. The van der Waals surface area contributed by atoms with Gasteiger partial charge >= 0.3 is 11.9 Å². The zero-order valence-corrected chi connectivity index (χ0v) is 16.1. The summed E-state index contributed by atoms with van der Waals surface area (Å²) >= 11 is 0. The van der Waals surface area contributed by atoms with Crippen LogP contribution >= 0.6 is 0 Å². The molecule has 0 amide bonds. The number of hydrogen-bond acceptors (Lipinski definition) is 4. The topological polar surface area (TPSA) is 52.6 Å². The van der Waals surface area contributed by atoms with Crippen molar-refractivity contribution in [3.63, 3.8) is 0 Å². The lowest BCUT2D eigenvalue weighted by atomic mass is 9.97. The second-order valence-corrected chi connectivity index (χ2v) is 5.52. The molecular formula is C23H30O4. The van der Waals surface area contributed by atoms with E-state index in [1.807, 2.05) is 36.4 Å². The van der Waals surface area contributed by atoms with Crippen LogP contribution in [0.25, 0.3) is 6.08 Å². The van der Waals surface area contributed by atoms with Gasteiger partial charge in [0.25, 0.3) is 0 Å². The Morgan fingerprint density at radius 1 is 1.07 bits per heavy atom. The number of allylic oxidation sites excluding steroid dienone is 1. The molecule has 0 aromatic heterocycles. The third-order valence-corrected chi connectivity index (χ3v) is 3.45. The highest BCUT2D eigenvalue weighted by molar-refractivity contribution is 5.81. The molecule has 0 saturated heterocycles. The van der Waals surface area contributed by atoms with Gasteiger partial charge in [0.1, 0.15) is 0 Å². The number of carbonyl (C=O) groups is 2. The summed E-state index contributed by atoms with van der Waals surface area (Å²) in [5.74, 6) is -0.265. The third-order valence-electron chi connectivity index (χ3n) is 3.45. The fourth-order valence-electron chi connectivity index (χ4n) is 2.06. The summed E-state index contributed by atoms with van der Waals surface area (Å²) in [5.41, 5.74) is 1.17. The standard InChI is InChI=1S/C10H14O2.C8H8.C5H8O2/c1-2-10(11)12-8-9-6-4-3-5-7-9;1-2-8-6-4-3-5-7-8;1-3-5(6)7-4-2/h2,4,6,9H,1,3,5,7-8H2;2-7H,1H2;3H,1,4H2,2H3. The first-order chi connectivity index (χ1) is 13.1. The highest BCUT2D eigenvalue weighted by atomic mass is 16.5. The van der Waals surface area contributed by atoms with Gasteiger partial charge in [-0.3, -0.25) is 0 Å². The Hall–Kier alpha value is -2.88. The fourth-order valence-corrected chi connectivity index (χ4v) is 2.06. The van der Waals surface area contributed by atoms with Crippen LogP contribution in [0.1, 0.15) is 31.7 Å². The molecule has 4 nitrogen and oxygen atoms in total. The van der Waals surface area contributed by atoms with Crippen molar-refractivity contribution in [3.05, 3.63) is 79.9 Å². The predicted octanol–water partition coefficient (Wildman–Crippen LogP) is 5.14. The molecule has 0 N–H and O–H groups in total. The molecule has 27 heavy (non-hydrogen) atoms. The molecule has 0 fully saturated rings. The van der Waals surface area contributed by atoms with Gasteiger partial charge in [-0.05, 0) is 31.7 Å². The quantitative estimate of drug-likeness (QED) is 0.395. The Morgan fingerprint density at radius 2 is 1.70 bits per heavy atom. The van der Waals surface area contributed by atoms with E-state index in [1.165, 1.54) is 18.1 Å². The van der Waals surface area contributed by atoms with E-state index in [0.29, 0.717) is 19.1 Å². The molecule has 1 aromatic carbocycles. The monoisotopic (exact) mass is 370 g/mol. The summed E-state index contributed by atoms with van der Waals surface area (Å²) in [7, 11) is 0. The fraction of sp³-hybridized carbons (Fsp3) is 0.304. The zero-order chi connectivity index (χ0) is 20.3. The van der Waals surface area contributed by atoms with Crippen molar-refractivity contribution in [2.45, 2.75) is 26.2 Å². The molecule has 0 spiro atoms. The van der Waals surface area contributed by atoms with E-state index < -0.39 is 0 Å². The van der Waals surface area contributed by atoms with Crippen molar-refractivity contribution in [1.29, 1.82) is 0 Å². The van der Waals surface area contributed by atoms with Gasteiger partial charge in [-0.1, -0.05) is 68.3 Å². The molecule has 0 bridgehead atoms. The molecule has 146 valence electrons. The number of esters is 2. The van der Waals surface area contributed by atoms with Gasteiger partial charge in [-0.25, -0.2) is 9.59 Å². The zero-order valence-electron chi connectivity index (χ0n) is 16.1. The molecule has 1 atom stereocenters. The summed E-state index contributed by atoms with van der Waals surface area (Å²) in [6, 6.07) is 10.0. The lowest BCUT2D eigenvalue weighted by Crippen LogP contribution is -2.12. The first-order valence-corrected chi connectivity index (χ1v) is 8.99. The number of carbonyl (C=O) groups excluding carboxylic acids is 2. The van der Waals surface area contributed by atoms with Crippen molar-refractivity contribution >= 4 is 18.0 Å². The van der Waals surface area contributed by atoms with E-state index in [9.17, 15) is 9.59 Å². The van der Waals surface area contributed by atoms with Gasteiger partial charge in [-0.15, -0.1) is 0 Å². The Labute approximate surface area is 162 Å². The average Bonchev–Trinajstić information content (AvgIpc) is 2.74. The van der Waals surface area contributed by atoms with Crippen molar-refractivity contribution < 1.29 is 19.1 Å². The largest absolute Gasteiger partial charge is 0.463 e. The van der Waals surface area contributed by atoms with E-state index >= 15 is 0 Å². The second-order valence-electron chi connectivity index (χ2n) is 5.52. The van der Waals surface area contributed by atoms with Crippen LogP contribution in [0.5, 0.6) is 0 Å². The minimum absolute atomic E-state index is 0.325. The molecule has 1 aliphatic rings. The van der Waals surface area contributed by atoms with Crippen molar-refractivity contribution in [2.75, 3.05) is 13.2 Å². The molecule has 0 aliphatic heterocycles. The Morgan fingerprint density at radius 3 is 2.11 bits per heavy atom. The van der Waals surface area contributed by atoms with Gasteiger partial charge < -0.3 is 9.47 Å². The van der Waals surface area contributed by atoms with Gasteiger partial charge in [-0.2, -0.15) is 0 Å². The molecule has 1 unspecified atom stereocenters. The SMILES string of the molecule is C=CC(=O)OCC.C=CC(=O)OCC1C=CCCC1.C=Cc1ccccc1. The number of hydrogen-bond donors (Lipinski definition) is 0. The van der Waals surface area contributed by atoms with Gasteiger partial charge in [0.15, 0.2) is 0 Å². The van der Waals surface area contributed by atoms with Crippen LogP contribution in [0.3, 0.4) is 0 Å². The summed E-state index contributed by atoms with van der Waals surface area (Å²) in [6.07, 6.45) is 11.9. The highest BCUT2D eigenvalue weighted by Crippen LogP contribution is 2.16. The van der Waals surface area contributed by atoms with E-state index in [-0.39, 0.29) is 11.9 Å². The van der Waals surface area contributed by atoms with Gasteiger partial charge in [0.05, 0.1) is 13.2 Å². The van der Waals surface area contributed by atoms with Crippen LogP contribution in [0.4, 0.5) is 0 Å². The lowest BCUT2D eigenvalue weighted by molar-refractivity contribution is -0.139. The first kappa shape index (κ1) is 24.1. The van der Waals surface area contributed by atoms with Crippen molar-refractivity contribution in [2.24, 2.45) is 5.92 Å². The van der Waals surface area contributed by atoms with Crippen molar-refractivity contribution in [1.82, 2.24) is 0 Å². The lowest BCUT2D eigenvalue weighted by Gasteiger charge is -2.15. The summed E-state index contributed by atoms with van der Waals surface area (Å²) < 4.78 is 9.36. The van der Waals surface area contributed by atoms with Crippen LogP contribution in [-0.4, -0.2) is 25.2 Å². The summed E-state index contributed by atoms with van der Waals surface area (Å²) in [5, 5.41) is 0. The Balaban J connectivity index is 0.000000395. The van der Waals surface area contributed by atoms with Crippen LogP contribution < -0.4 is 0 Å². The van der Waals surface area contributed by atoms with Crippen LogP contribution in [0, 0.1) is 5.92 Å². The number of benzene rings is 1. The Kier molecular flexibility index (Phi) is 14.8. The maximum atomic E-state index is 10.7. The smallest absolute Gasteiger partial charge is 0.330 e. The minimum atomic E-state index is -0.359. The van der Waals surface area contributed by atoms with Gasteiger partial charge in [0.2, 0.25) is 0 Å². The maximum Gasteiger partial charge on any atom is 0.330 e. The molecule has 0 saturated carbocycles. The second kappa shape index (κ2) is 16.6. The minimum Gasteiger partial charge on any atom is -0.463 e. The van der Waals surface area contributed by atoms with Crippen LogP contribution in [0.15, 0.2) is 74.4 Å². The Bertz CT molecular complexity index is 602. The van der Waals surface area contributed by atoms with Gasteiger partial charge in [0, 0.05) is 18.1 Å². The molecule has 0 heterocycles. The molecule has 1 aromatic rings. The van der Waals surface area contributed by atoms with E-state index in [4.69, 9.17) is 4.74 Å². The molecule has 4 heteroatoms. The molecule has 2 rings (SSSR count). The summed E-state index contributed by atoms with van der Waals surface area (Å²) in [4.78, 5) is 20.8. The van der Waals surface area contributed by atoms with Crippen LogP contribution in [-0.2, 0) is 19.1 Å². The van der Waals surface area contributed by atoms with Crippen LogP contribution in [0.2, 0.25) is 0 Å². The third kappa shape index (κ3) is 14.0. The van der Waals surface area contributed by atoms with E-state index in [2.05, 4.69) is 36.6 Å². The normalized spacial score (nSPS) is 14.2. The molecule has 1 aliphatic carbocycles. The van der Waals surface area contributed by atoms with E-state index in [0.717, 1.165) is 18.9 Å². The summed E-state index contributed by atoms with van der Waals surface area (Å²) in [6.45, 7) is 12.8. The number of ether oxygens (including phenoxy) is 2.